The Bertz CT molecular complexity index is 595. The van der Waals surface area contributed by atoms with Crippen LogP contribution in [0.4, 0.5) is 0 Å². The minimum Gasteiger partial charge on any atom is -0.481 e. The number of benzene rings is 1. The van der Waals surface area contributed by atoms with E-state index in [1.807, 2.05) is 0 Å². The molecule has 0 aliphatic rings. The Morgan fingerprint density at radius 2 is 1.81 bits per heavy atom. The molecule has 21 heavy (non-hydrogen) atoms. The van der Waals surface area contributed by atoms with Crippen LogP contribution >= 0.6 is 0 Å². The molecule has 1 amide bonds. The van der Waals surface area contributed by atoms with Crippen LogP contribution in [0.1, 0.15) is 18.9 Å². The molecule has 3 N–H and O–H groups in total. The number of hydrogen-bond acceptors (Lipinski definition) is 4. The van der Waals surface area contributed by atoms with Crippen LogP contribution in [0.25, 0.3) is 0 Å². The summed E-state index contributed by atoms with van der Waals surface area (Å²) in [6, 6.07) is 5.58. The maximum Gasteiger partial charge on any atom is 0.307 e. The van der Waals surface area contributed by atoms with E-state index in [2.05, 4.69) is 10.0 Å². The van der Waals surface area contributed by atoms with Gasteiger partial charge in [0, 0.05) is 19.5 Å². The highest BCUT2D eigenvalue weighted by molar-refractivity contribution is 7.89. The number of rotatable bonds is 8. The molecule has 0 aliphatic heterocycles. The van der Waals surface area contributed by atoms with Gasteiger partial charge in [-0.2, -0.15) is 0 Å². The molecular weight excluding hydrogens is 296 g/mol. The van der Waals surface area contributed by atoms with E-state index in [-0.39, 0.29) is 30.2 Å². The molecule has 0 fully saturated rings. The lowest BCUT2D eigenvalue weighted by Crippen LogP contribution is -2.30. The third-order valence-electron chi connectivity index (χ3n) is 2.61. The number of hydrogen-bond donors (Lipinski definition) is 3. The van der Waals surface area contributed by atoms with E-state index >= 15 is 0 Å². The highest BCUT2D eigenvalue weighted by atomic mass is 32.2. The molecule has 0 spiro atoms. The van der Waals surface area contributed by atoms with Gasteiger partial charge in [0.25, 0.3) is 0 Å². The van der Waals surface area contributed by atoms with E-state index in [0.29, 0.717) is 12.1 Å². The van der Waals surface area contributed by atoms with Gasteiger partial charge in [0.15, 0.2) is 0 Å². The summed E-state index contributed by atoms with van der Waals surface area (Å²) in [5.74, 6) is -1.21. The number of sulfonamides is 1. The molecule has 1 aromatic carbocycles. The van der Waals surface area contributed by atoms with Gasteiger partial charge in [-0.3, -0.25) is 9.59 Å². The average Bonchev–Trinajstić information content (AvgIpc) is 2.38. The molecule has 8 heteroatoms. The number of carboxylic acids is 1. The Kier molecular flexibility index (Phi) is 6.32. The van der Waals surface area contributed by atoms with Crippen molar-refractivity contribution >= 4 is 21.9 Å². The van der Waals surface area contributed by atoms with Gasteiger partial charge in [-0.15, -0.1) is 0 Å². The molecule has 0 saturated heterocycles. The van der Waals surface area contributed by atoms with Crippen molar-refractivity contribution in [2.75, 3.05) is 13.1 Å². The van der Waals surface area contributed by atoms with Crippen molar-refractivity contribution in [2.24, 2.45) is 0 Å². The molecule has 0 aliphatic carbocycles. The minimum atomic E-state index is -3.69. The highest BCUT2D eigenvalue weighted by Gasteiger charge is 2.14. The fourth-order valence-electron chi connectivity index (χ4n) is 1.63. The second-order valence-electron chi connectivity index (χ2n) is 4.32. The van der Waals surface area contributed by atoms with Gasteiger partial charge in [-0.05, 0) is 24.6 Å². The molecule has 0 radical (unpaired) electrons. The molecule has 0 bridgehead atoms. The Morgan fingerprint density at radius 1 is 1.19 bits per heavy atom. The van der Waals surface area contributed by atoms with Gasteiger partial charge in [-0.25, -0.2) is 13.1 Å². The molecule has 0 unspecified atom stereocenters. The van der Waals surface area contributed by atoms with Crippen molar-refractivity contribution in [3.8, 4) is 0 Å². The summed E-state index contributed by atoms with van der Waals surface area (Å²) < 4.78 is 26.2. The standard InChI is InChI=1S/C13H18N2O5S/c1-2-14-12(16)7-8-15-21(19,20)11-5-3-10(4-6-11)9-13(17)18/h3-6,15H,2,7-9H2,1H3,(H,14,16)(H,17,18). The fourth-order valence-corrected chi connectivity index (χ4v) is 2.66. The Balaban J connectivity index is 2.61. The zero-order valence-corrected chi connectivity index (χ0v) is 12.4. The lowest BCUT2D eigenvalue weighted by Gasteiger charge is -2.07. The summed E-state index contributed by atoms with van der Waals surface area (Å²) in [4.78, 5) is 21.8. The molecule has 1 aromatic rings. The predicted octanol–water partition coefficient (Wildman–Crippen LogP) is 0.118. The van der Waals surface area contributed by atoms with Crippen molar-refractivity contribution in [3.05, 3.63) is 29.8 Å². The van der Waals surface area contributed by atoms with Gasteiger partial charge in [0.05, 0.1) is 11.3 Å². The number of carboxylic acid groups (broad SMARTS) is 1. The van der Waals surface area contributed by atoms with E-state index in [0.717, 1.165) is 0 Å². The van der Waals surface area contributed by atoms with Crippen molar-refractivity contribution in [1.29, 1.82) is 0 Å². The lowest BCUT2D eigenvalue weighted by atomic mass is 10.2. The first kappa shape index (κ1) is 17.1. The molecule has 0 atom stereocenters. The third-order valence-corrected chi connectivity index (χ3v) is 4.08. The normalized spacial score (nSPS) is 11.1. The van der Waals surface area contributed by atoms with Crippen LogP contribution in [0.15, 0.2) is 29.2 Å². The minimum absolute atomic E-state index is 0.00500. The maximum absolute atomic E-state index is 11.9. The Labute approximate surface area is 123 Å². The van der Waals surface area contributed by atoms with E-state index in [1.54, 1.807) is 6.92 Å². The zero-order chi connectivity index (χ0) is 15.9. The number of carbonyl (C=O) groups excluding carboxylic acids is 1. The zero-order valence-electron chi connectivity index (χ0n) is 11.6. The Morgan fingerprint density at radius 3 is 2.33 bits per heavy atom. The van der Waals surface area contributed by atoms with Crippen LogP contribution in [0.3, 0.4) is 0 Å². The van der Waals surface area contributed by atoms with Crippen LogP contribution in [-0.4, -0.2) is 38.5 Å². The van der Waals surface area contributed by atoms with E-state index in [9.17, 15) is 18.0 Å². The second-order valence-corrected chi connectivity index (χ2v) is 6.08. The molecule has 0 aromatic heterocycles. The molecule has 1 rings (SSSR count). The maximum atomic E-state index is 11.9. The van der Waals surface area contributed by atoms with Crippen molar-refractivity contribution in [1.82, 2.24) is 10.0 Å². The van der Waals surface area contributed by atoms with E-state index in [4.69, 9.17) is 5.11 Å². The largest absolute Gasteiger partial charge is 0.481 e. The summed E-state index contributed by atoms with van der Waals surface area (Å²) in [6.45, 7) is 2.28. The average molecular weight is 314 g/mol. The van der Waals surface area contributed by atoms with Crippen LogP contribution in [0.2, 0.25) is 0 Å². The summed E-state index contributed by atoms with van der Waals surface area (Å²) in [7, 11) is -3.69. The van der Waals surface area contributed by atoms with Crippen molar-refractivity contribution in [2.45, 2.75) is 24.7 Å². The van der Waals surface area contributed by atoms with Gasteiger partial charge < -0.3 is 10.4 Å². The first-order chi connectivity index (χ1) is 9.85. The van der Waals surface area contributed by atoms with Gasteiger partial charge in [0.2, 0.25) is 15.9 Å². The summed E-state index contributed by atoms with van der Waals surface area (Å²) >= 11 is 0. The second kappa shape index (κ2) is 7.75. The number of carbonyl (C=O) groups is 2. The number of amides is 1. The van der Waals surface area contributed by atoms with Crippen molar-refractivity contribution in [3.63, 3.8) is 0 Å². The van der Waals surface area contributed by atoms with Crippen LogP contribution < -0.4 is 10.0 Å². The van der Waals surface area contributed by atoms with Crippen molar-refractivity contribution < 1.29 is 23.1 Å². The lowest BCUT2D eigenvalue weighted by molar-refractivity contribution is -0.136. The fraction of sp³-hybridized carbons (Fsp3) is 0.385. The third kappa shape index (κ3) is 5.92. The SMILES string of the molecule is CCNC(=O)CCNS(=O)(=O)c1ccc(CC(=O)O)cc1. The number of nitrogens with one attached hydrogen (secondary N) is 2. The van der Waals surface area contributed by atoms with Crippen LogP contribution in [0, 0.1) is 0 Å². The predicted molar refractivity (Wildman–Crippen MR) is 76.3 cm³/mol. The Hall–Kier alpha value is -1.93. The summed E-state index contributed by atoms with van der Waals surface area (Å²) in [5.41, 5.74) is 0.517. The van der Waals surface area contributed by atoms with Gasteiger partial charge >= 0.3 is 5.97 Å². The molecule has 0 saturated carbocycles. The topological polar surface area (TPSA) is 113 Å². The number of aliphatic carboxylic acids is 1. The smallest absolute Gasteiger partial charge is 0.307 e. The van der Waals surface area contributed by atoms with Gasteiger partial charge in [-0.1, -0.05) is 12.1 Å². The highest BCUT2D eigenvalue weighted by Crippen LogP contribution is 2.11. The quantitative estimate of drug-likeness (QED) is 0.631. The van der Waals surface area contributed by atoms with E-state index in [1.165, 1.54) is 24.3 Å². The summed E-state index contributed by atoms with van der Waals surface area (Å²) in [5, 5.41) is 11.2. The van der Waals surface area contributed by atoms with E-state index < -0.39 is 16.0 Å². The molecule has 116 valence electrons. The summed E-state index contributed by atoms with van der Waals surface area (Å²) in [6.07, 6.45) is -0.102. The van der Waals surface area contributed by atoms with Crippen LogP contribution in [-0.2, 0) is 26.0 Å². The van der Waals surface area contributed by atoms with Crippen LogP contribution in [0.5, 0.6) is 0 Å². The molecule has 7 nitrogen and oxygen atoms in total. The molecular formula is C13H18N2O5S. The monoisotopic (exact) mass is 314 g/mol. The molecule has 0 heterocycles. The van der Waals surface area contributed by atoms with Gasteiger partial charge in [0.1, 0.15) is 0 Å². The first-order valence-electron chi connectivity index (χ1n) is 6.42. The first-order valence-corrected chi connectivity index (χ1v) is 7.90.